The summed E-state index contributed by atoms with van der Waals surface area (Å²) < 4.78 is 5.46. The van der Waals surface area contributed by atoms with Crippen LogP contribution in [0.3, 0.4) is 0 Å². The zero-order valence-corrected chi connectivity index (χ0v) is 15.2. The molecule has 3 rings (SSSR count). The Labute approximate surface area is 162 Å². The smallest absolute Gasteiger partial charge is 0.321 e. The number of nitrogens with zero attached hydrogens (tertiary/aromatic N) is 1. The van der Waals surface area contributed by atoms with Gasteiger partial charge in [-0.1, -0.05) is 0 Å². The van der Waals surface area contributed by atoms with Crippen LogP contribution < -0.4 is 20.3 Å². The molecule has 1 heterocycles. The number of hydrogen-bond donors (Lipinski definition) is 3. The van der Waals surface area contributed by atoms with E-state index >= 15 is 0 Å². The Kier molecular flexibility index (Phi) is 6.11. The Bertz CT molecular complexity index is 849. The molecular weight excluding hydrogens is 362 g/mol. The van der Waals surface area contributed by atoms with Crippen molar-refractivity contribution >= 4 is 29.3 Å². The van der Waals surface area contributed by atoms with Gasteiger partial charge in [0.1, 0.15) is 5.75 Å². The van der Waals surface area contributed by atoms with E-state index in [9.17, 15) is 14.4 Å². The fourth-order valence-corrected chi connectivity index (χ4v) is 2.76. The van der Waals surface area contributed by atoms with Gasteiger partial charge in [0.2, 0.25) is 0 Å². The number of carbonyl (C=O) groups excluding carboxylic acids is 2. The SMILES string of the molecule is O=C(O)CCCOc1ccc(NC(=O)c2ccc(N3CCNC3=O)cc2)cc1. The highest BCUT2D eigenvalue weighted by Crippen LogP contribution is 2.19. The van der Waals surface area contributed by atoms with Gasteiger partial charge in [0.25, 0.3) is 5.91 Å². The summed E-state index contributed by atoms with van der Waals surface area (Å²) in [5, 5.41) is 14.1. The summed E-state index contributed by atoms with van der Waals surface area (Å²) in [5.74, 6) is -0.498. The Morgan fingerprint density at radius 1 is 1.11 bits per heavy atom. The summed E-state index contributed by atoms with van der Waals surface area (Å²) in [6, 6.07) is 13.6. The number of amides is 3. The number of nitrogens with one attached hydrogen (secondary N) is 2. The minimum Gasteiger partial charge on any atom is -0.494 e. The normalized spacial score (nSPS) is 13.1. The first-order chi connectivity index (χ1) is 13.5. The number of hydrogen-bond acceptors (Lipinski definition) is 4. The number of benzene rings is 2. The molecule has 8 nitrogen and oxygen atoms in total. The van der Waals surface area contributed by atoms with Gasteiger partial charge in [-0.05, 0) is 55.0 Å². The van der Waals surface area contributed by atoms with Gasteiger partial charge in [0, 0.05) is 36.4 Å². The molecule has 146 valence electrons. The van der Waals surface area contributed by atoms with Crippen molar-refractivity contribution < 1.29 is 24.2 Å². The fraction of sp³-hybridized carbons (Fsp3) is 0.250. The van der Waals surface area contributed by atoms with E-state index in [-0.39, 0.29) is 18.4 Å². The molecule has 2 aromatic carbocycles. The molecule has 3 N–H and O–H groups in total. The van der Waals surface area contributed by atoms with Crippen molar-refractivity contribution in [1.82, 2.24) is 5.32 Å². The molecule has 1 aliphatic rings. The Morgan fingerprint density at radius 2 is 1.82 bits per heavy atom. The van der Waals surface area contributed by atoms with E-state index in [2.05, 4.69) is 10.6 Å². The largest absolute Gasteiger partial charge is 0.494 e. The number of urea groups is 1. The monoisotopic (exact) mass is 383 g/mol. The number of carboxylic acid groups (broad SMARTS) is 1. The molecule has 0 aromatic heterocycles. The molecule has 0 saturated carbocycles. The maximum Gasteiger partial charge on any atom is 0.321 e. The molecule has 1 aliphatic heterocycles. The van der Waals surface area contributed by atoms with Crippen molar-refractivity contribution in [2.45, 2.75) is 12.8 Å². The molecule has 0 atom stereocenters. The van der Waals surface area contributed by atoms with Gasteiger partial charge in [-0.25, -0.2) is 4.79 Å². The van der Waals surface area contributed by atoms with Crippen LogP contribution in [0.15, 0.2) is 48.5 Å². The Hall–Kier alpha value is -3.55. The lowest BCUT2D eigenvalue weighted by atomic mass is 10.1. The molecule has 0 radical (unpaired) electrons. The Morgan fingerprint density at radius 3 is 2.43 bits per heavy atom. The summed E-state index contributed by atoms with van der Waals surface area (Å²) in [7, 11) is 0. The predicted molar refractivity (Wildman–Crippen MR) is 104 cm³/mol. The second-order valence-electron chi connectivity index (χ2n) is 6.25. The lowest BCUT2D eigenvalue weighted by molar-refractivity contribution is -0.137. The number of aliphatic carboxylic acids is 1. The second-order valence-corrected chi connectivity index (χ2v) is 6.25. The van der Waals surface area contributed by atoms with Crippen LogP contribution in [0.1, 0.15) is 23.2 Å². The van der Waals surface area contributed by atoms with E-state index in [4.69, 9.17) is 9.84 Å². The van der Waals surface area contributed by atoms with Crippen LogP contribution in [0, 0.1) is 0 Å². The number of carbonyl (C=O) groups is 3. The highest BCUT2D eigenvalue weighted by molar-refractivity contribution is 6.04. The van der Waals surface area contributed by atoms with Crippen LogP contribution in [0.25, 0.3) is 0 Å². The average molecular weight is 383 g/mol. The molecule has 2 aromatic rings. The number of rotatable bonds is 8. The molecule has 28 heavy (non-hydrogen) atoms. The zero-order valence-electron chi connectivity index (χ0n) is 15.2. The van der Waals surface area contributed by atoms with Crippen LogP contribution in [-0.4, -0.2) is 42.7 Å². The molecule has 1 saturated heterocycles. The van der Waals surface area contributed by atoms with Crippen LogP contribution in [0.2, 0.25) is 0 Å². The molecule has 0 aliphatic carbocycles. The first-order valence-corrected chi connectivity index (χ1v) is 8.94. The number of anilines is 2. The van der Waals surface area contributed by atoms with Crippen molar-refractivity contribution in [3.05, 3.63) is 54.1 Å². The minimum atomic E-state index is -0.849. The minimum absolute atomic E-state index is 0.0648. The third-order valence-electron chi connectivity index (χ3n) is 4.21. The number of carboxylic acids is 1. The second kappa shape index (κ2) is 8.90. The standard InChI is InChI=1S/C20H21N3O5/c24-18(25)2-1-13-28-17-9-5-15(6-10-17)22-19(26)14-3-7-16(8-4-14)23-12-11-21-20(23)27/h3-10H,1-2,11-13H2,(H,21,27)(H,22,26)(H,24,25). The molecule has 0 spiro atoms. The highest BCUT2D eigenvalue weighted by atomic mass is 16.5. The summed E-state index contributed by atoms with van der Waals surface area (Å²) in [4.78, 5) is 36.1. The van der Waals surface area contributed by atoms with Crippen LogP contribution in [-0.2, 0) is 4.79 Å². The first kappa shape index (κ1) is 19.2. The van der Waals surface area contributed by atoms with E-state index in [1.807, 2.05) is 0 Å². The van der Waals surface area contributed by atoms with Crippen molar-refractivity contribution in [2.24, 2.45) is 0 Å². The maximum absolute atomic E-state index is 12.4. The van der Waals surface area contributed by atoms with Gasteiger partial charge in [-0.2, -0.15) is 0 Å². The van der Waals surface area contributed by atoms with Gasteiger partial charge in [0.05, 0.1) is 6.61 Å². The lowest BCUT2D eigenvalue weighted by Crippen LogP contribution is -2.27. The molecule has 8 heteroatoms. The summed E-state index contributed by atoms with van der Waals surface area (Å²) in [5.41, 5.74) is 1.85. The van der Waals surface area contributed by atoms with E-state index in [1.54, 1.807) is 53.4 Å². The molecule has 1 fully saturated rings. The van der Waals surface area contributed by atoms with E-state index in [0.717, 1.165) is 5.69 Å². The van der Waals surface area contributed by atoms with Crippen molar-refractivity contribution in [3.8, 4) is 5.75 Å². The van der Waals surface area contributed by atoms with Gasteiger partial charge in [-0.15, -0.1) is 0 Å². The van der Waals surface area contributed by atoms with Crippen LogP contribution in [0.5, 0.6) is 5.75 Å². The van der Waals surface area contributed by atoms with Crippen LogP contribution in [0.4, 0.5) is 16.2 Å². The maximum atomic E-state index is 12.4. The van der Waals surface area contributed by atoms with Crippen molar-refractivity contribution in [1.29, 1.82) is 0 Å². The predicted octanol–water partition coefficient (Wildman–Crippen LogP) is 2.71. The molecular formula is C20H21N3O5. The third kappa shape index (κ3) is 5.00. The van der Waals surface area contributed by atoms with Crippen LogP contribution >= 0.6 is 0 Å². The van der Waals surface area contributed by atoms with E-state index < -0.39 is 5.97 Å². The van der Waals surface area contributed by atoms with E-state index in [0.29, 0.717) is 43.1 Å². The topological polar surface area (TPSA) is 108 Å². The van der Waals surface area contributed by atoms with Crippen molar-refractivity contribution in [2.75, 3.05) is 29.9 Å². The summed E-state index contributed by atoms with van der Waals surface area (Å²) in [6.45, 7) is 1.54. The van der Waals surface area contributed by atoms with Gasteiger partial charge >= 0.3 is 12.0 Å². The Balaban J connectivity index is 1.52. The summed E-state index contributed by atoms with van der Waals surface area (Å²) >= 11 is 0. The highest BCUT2D eigenvalue weighted by Gasteiger charge is 2.21. The van der Waals surface area contributed by atoms with Gasteiger partial charge in [0.15, 0.2) is 0 Å². The molecule has 0 unspecified atom stereocenters. The van der Waals surface area contributed by atoms with Gasteiger partial charge < -0.3 is 20.5 Å². The van der Waals surface area contributed by atoms with Gasteiger partial charge in [-0.3, -0.25) is 14.5 Å². The zero-order chi connectivity index (χ0) is 19.9. The average Bonchev–Trinajstić information content (AvgIpc) is 3.12. The van der Waals surface area contributed by atoms with Crippen molar-refractivity contribution in [3.63, 3.8) is 0 Å². The first-order valence-electron chi connectivity index (χ1n) is 8.94. The van der Waals surface area contributed by atoms with E-state index in [1.165, 1.54) is 0 Å². The third-order valence-corrected chi connectivity index (χ3v) is 4.21. The summed E-state index contributed by atoms with van der Waals surface area (Å²) in [6.07, 6.45) is 0.498. The fourth-order valence-electron chi connectivity index (χ4n) is 2.76. The molecule has 0 bridgehead atoms. The molecule has 3 amide bonds. The quantitative estimate of drug-likeness (QED) is 0.608. The lowest BCUT2D eigenvalue weighted by Gasteiger charge is -2.14. The number of ether oxygens (including phenoxy) is 1.